The monoisotopic (exact) mass is 256 g/mol. The highest BCUT2D eigenvalue weighted by molar-refractivity contribution is 5.48. The minimum atomic E-state index is -0.392. The van der Waals surface area contributed by atoms with Crippen LogP contribution in [0, 0.1) is 17.0 Å². The molecule has 0 saturated heterocycles. The molecule has 0 aliphatic rings. The van der Waals surface area contributed by atoms with Crippen molar-refractivity contribution in [2.75, 3.05) is 11.9 Å². The van der Waals surface area contributed by atoms with Crippen LogP contribution in [0.3, 0.4) is 0 Å². The summed E-state index contributed by atoms with van der Waals surface area (Å²) in [5.41, 5.74) is 3.62. The van der Waals surface area contributed by atoms with E-state index in [1.54, 1.807) is 12.1 Å². The van der Waals surface area contributed by atoms with E-state index in [1.807, 2.05) is 12.1 Å². The Morgan fingerprint density at radius 3 is 2.42 bits per heavy atom. The van der Waals surface area contributed by atoms with Crippen LogP contribution in [0.4, 0.5) is 11.4 Å². The number of aryl methyl sites for hydroxylation is 1. The molecule has 98 valence electrons. The Morgan fingerprint density at radius 1 is 1.11 bits per heavy atom. The van der Waals surface area contributed by atoms with Crippen LogP contribution in [-0.4, -0.2) is 11.5 Å². The van der Waals surface area contributed by atoms with Crippen molar-refractivity contribution in [3.8, 4) is 0 Å². The van der Waals surface area contributed by atoms with E-state index in [0.29, 0.717) is 0 Å². The van der Waals surface area contributed by atoms with Gasteiger partial charge in [0.05, 0.1) is 4.92 Å². The second kappa shape index (κ2) is 6.00. The minimum Gasteiger partial charge on any atom is -0.385 e. The molecule has 0 aliphatic heterocycles. The highest BCUT2D eigenvalue weighted by Crippen LogP contribution is 2.15. The Kier molecular flexibility index (Phi) is 4.13. The molecular formula is C15H16N2O2. The highest BCUT2D eigenvalue weighted by atomic mass is 16.6. The molecule has 0 amide bonds. The second-order valence-corrected chi connectivity index (χ2v) is 4.41. The van der Waals surface area contributed by atoms with Gasteiger partial charge in [-0.1, -0.05) is 24.3 Å². The summed E-state index contributed by atoms with van der Waals surface area (Å²) in [4.78, 5) is 10.1. The lowest BCUT2D eigenvalue weighted by Crippen LogP contribution is -2.05. The van der Waals surface area contributed by atoms with Crippen molar-refractivity contribution in [1.82, 2.24) is 0 Å². The number of hydrogen-bond acceptors (Lipinski definition) is 3. The van der Waals surface area contributed by atoms with E-state index in [0.717, 1.165) is 18.7 Å². The van der Waals surface area contributed by atoms with Crippen molar-refractivity contribution in [3.63, 3.8) is 0 Å². The molecule has 0 aromatic heterocycles. The Labute approximate surface area is 112 Å². The summed E-state index contributed by atoms with van der Waals surface area (Å²) in [5, 5.41) is 13.8. The molecule has 0 heterocycles. The van der Waals surface area contributed by atoms with Gasteiger partial charge in [0.2, 0.25) is 0 Å². The summed E-state index contributed by atoms with van der Waals surface area (Å²) in [6.07, 6.45) is 0.934. The number of nitro benzene ring substituents is 1. The van der Waals surface area contributed by atoms with E-state index in [1.165, 1.54) is 23.3 Å². The second-order valence-electron chi connectivity index (χ2n) is 4.41. The zero-order chi connectivity index (χ0) is 13.7. The summed E-state index contributed by atoms with van der Waals surface area (Å²) < 4.78 is 0. The van der Waals surface area contributed by atoms with Crippen molar-refractivity contribution < 1.29 is 4.92 Å². The molecule has 4 nitrogen and oxygen atoms in total. The van der Waals surface area contributed by atoms with Crippen LogP contribution in [-0.2, 0) is 6.42 Å². The van der Waals surface area contributed by atoms with Gasteiger partial charge in [0.1, 0.15) is 0 Å². The maximum atomic E-state index is 10.5. The van der Waals surface area contributed by atoms with E-state index in [9.17, 15) is 10.1 Å². The van der Waals surface area contributed by atoms with Crippen LogP contribution >= 0.6 is 0 Å². The molecular weight excluding hydrogens is 240 g/mol. The van der Waals surface area contributed by atoms with Crippen LogP contribution in [0.5, 0.6) is 0 Å². The third-order valence-corrected chi connectivity index (χ3v) is 3.06. The van der Waals surface area contributed by atoms with Crippen LogP contribution in [0.25, 0.3) is 0 Å². The molecule has 0 fully saturated rings. The standard InChI is InChI=1S/C15H16N2O2/c1-12-4-2-3-5-13(12)10-11-16-14-6-8-15(9-7-14)17(18)19/h2-9,16H,10-11H2,1H3. The van der Waals surface area contributed by atoms with Crippen molar-refractivity contribution in [2.24, 2.45) is 0 Å². The van der Waals surface area contributed by atoms with Gasteiger partial charge in [-0.3, -0.25) is 10.1 Å². The van der Waals surface area contributed by atoms with E-state index in [4.69, 9.17) is 0 Å². The Hall–Kier alpha value is -2.36. The smallest absolute Gasteiger partial charge is 0.269 e. The average Bonchev–Trinajstić information content (AvgIpc) is 2.41. The third-order valence-electron chi connectivity index (χ3n) is 3.06. The maximum Gasteiger partial charge on any atom is 0.269 e. The van der Waals surface area contributed by atoms with Crippen LogP contribution in [0.15, 0.2) is 48.5 Å². The van der Waals surface area contributed by atoms with Crippen LogP contribution in [0.1, 0.15) is 11.1 Å². The number of nitrogens with zero attached hydrogens (tertiary/aromatic N) is 1. The lowest BCUT2D eigenvalue weighted by molar-refractivity contribution is -0.384. The van der Waals surface area contributed by atoms with Gasteiger partial charge in [0.15, 0.2) is 0 Å². The molecule has 0 saturated carbocycles. The summed E-state index contributed by atoms with van der Waals surface area (Å²) in [6.45, 7) is 2.91. The lowest BCUT2D eigenvalue weighted by Gasteiger charge is -2.08. The topological polar surface area (TPSA) is 55.2 Å². The van der Waals surface area contributed by atoms with Gasteiger partial charge in [-0.25, -0.2) is 0 Å². The summed E-state index contributed by atoms with van der Waals surface area (Å²) in [7, 11) is 0. The van der Waals surface area contributed by atoms with Gasteiger partial charge in [0.25, 0.3) is 5.69 Å². The first kappa shape index (κ1) is 13.1. The van der Waals surface area contributed by atoms with E-state index < -0.39 is 4.92 Å². The van der Waals surface area contributed by atoms with Gasteiger partial charge in [0, 0.05) is 24.4 Å². The fraction of sp³-hybridized carbons (Fsp3) is 0.200. The molecule has 0 spiro atoms. The predicted octanol–water partition coefficient (Wildman–Crippen LogP) is 3.56. The van der Waals surface area contributed by atoms with E-state index in [-0.39, 0.29) is 5.69 Å². The van der Waals surface area contributed by atoms with Crippen molar-refractivity contribution >= 4 is 11.4 Å². The summed E-state index contributed by atoms with van der Waals surface area (Å²) in [5.74, 6) is 0. The normalized spacial score (nSPS) is 10.2. The van der Waals surface area contributed by atoms with Gasteiger partial charge >= 0.3 is 0 Å². The number of non-ortho nitro benzene ring substituents is 1. The minimum absolute atomic E-state index is 0.115. The summed E-state index contributed by atoms with van der Waals surface area (Å²) in [6, 6.07) is 14.8. The largest absolute Gasteiger partial charge is 0.385 e. The molecule has 19 heavy (non-hydrogen) atoms. The maximum absolute atomic E-state index is 10.5. The SMILES string of the molecule is Cc1ccccc1CCNc1ccc([N+](=O)[O-])cc1. The fourth-order valence-electron chi connectivity index (χ4n) is 1.93. The number of anilines is 1. The number of benzene rings is 2. The molecule has 0 radical (unpaired) electrons. The zero-order valence-electron chi connectivity index (χ0n) is 10.8. The molecule has 2 rings (SSSR count). The predicted molar refractivity (Wildman–Crippen MR) is 76.5 cm³/mol. The van der Waals surface area contributed by atoms with E-state index >= 15 is 0 Å². The van der Waals surface area contributed by atoms with Crippen molar-refractivity contribution in [1.29, 1.82) is 0 Å². The molecule has 0 unspecified atom stereocenters. The molecule has 1 N–H and O–H groups in total. The van der Waals surface area contributed by atoms with Crippen molar-refractivity contribution in [2.45, 2.75) is 13.3 Å². The zero-order valence-corrected chi connectivity index (χ0v) is 10.8. The van der Waals surface area contributed by atoms with Gasteiger partial charge in [-0.15, -0.1) is 0 Å². The Balaban J connectivity index is 1.89. The Bertz CT molecular complexity index is 565. The van der Waals surface area contributed by atoms with Gasteiger partial charge in [-0.2, -0.15) is 0 Å². The lowest BCUT2D eigenvalue weighted by atomic mass is 10.1. The highest BCUT2D eigenvalue weighted by Gasteiger charge is 2.03. The van der Waals surface area contributed by atoms with Crippen molar-refractivity contribution in [3.05, 3.63) is 69.8 Å². The summed E-state index contributed by atoms with van der Waals surface area (Å²) >= 11 is 0. The number of hydrogen-bond donors (Lipinski definition) is 1. The number of nitro groups is 1. The number of rotatable bonds is 5. The fourth-order valence-corrected chi connectivity index (χ4v) is 1.93. The van der Waals surface area contributed by atoms with Gasteiger partial charge < -0.3 is 5.32 Å². The molecule has 2 aromatic carbocycles. The first-order chi connectivity index (χ1) is 9.16. The van der Waals surface area contributed by atoms with E-state index in [2.05, 4.69) is 24.4 Å². The molecule has 2 aromatic rings. The molecule has 4 heteroatoms. The van der Waals surface area contributed by atoms with Gasteiger partial charge in [-0.05, 0) is 36.6 Å². The quantitative estimate of drug-likeness (QED) is 0.657. The molecule has 0 bridgehead atoms. The van der Waals surface area contributed by atoms with Crippen LogP contribution < -0.4 is 5.32 Å². The average molecular weight is 256 g/mol. The third kappa shape index (κ3) is 3.55. The number of nitrogens with one attached hydrogen (secondary N) is 1. The Morgan fingerprint density at radius 2 is 1.79 bits per heavy atom. The molecule has 0 aliphatic carbocycles. The first-order valence-corrected chi connectivity index (χ1v) is 6.19. The van der Waals surface area contributed by atoms with Crippen LogP contribution in [0.2, 0.25) is 0 Å². The first-order valence-electron chi connectivity index (χ1n) is 6.19. The molecule has 0 atom stereocenters.